The zero-order valence-corrected chi connectivity index (χ0v) is 22.7. The largest absolute Gasteiger partial charge is 0.459 e. The SMILES string of the molecule is O=C(N/N=C/c1ccc(CN(Cc2ccccc2)S(=O)(=O)c2ccc(Cl)cc2)o1)C(=O)Nc1ccc([N+](=O)[O-])cc1. The highest BCUT2D eigenvalue weighted by Crippen LogP contribution is 2.23. The van der Waals surface area contributed by atoms with Gasteiger partial charge in [0, 0.05) is 29.4 Å². The highest BCUT2D eigenvalue weighted by molar-refractivity contribution is 7.89. The molecule has 3 aromatic carbocycles. The molecule has 210 valence electrons. The quantitative estimate of drug-likeness (QED) is 0.119. The first-order valence-corrected chi connectivity index (χ1v) is 13.7. The van der Waals surface area contributed by atoms with Gasteiger partial charge in [-0.3, -0.25) is 19.7 Å². The van der Waals surface area contributed by atoms with Gasteiger partial charge in [0.15, 0.2) is 0 Å². The number of rotatable bonds is 10. The predicted octanol–water partition coefficient (Wildman–Crippen LogP) is 4.32. The van der Waals surface area contributed by atoms with Crippen molar-refractivity contribution in [2.45, 2.75) is 18.0 Å². The Morgan fingerprint density at radius 1 is 0.927 bits per heavy atom. The molecule has 0 unspecified atom stereocenters. The molecular weight excluding hydrogens is 574 g/mol. The lowest BCUT2D eigenvalue weighted by molar-refractivity contribution is -0.384. The van der Waals surface area contributed by atoms with E-state index in [9.17, 15) is 28.1 Å². The molecule has 14 heteroatoms. The molecule has 1 aromatic heterocycles. The van der Waals surface area contributed by atoms with Crippen LogP contribution in [0.3, 0.4) is 0 Å². The van der Waals surface area contributed by atoms with Gasteiger partial charge in [-0.1, -0.05) is 41.9 Å². The van der Waals surface area contributed by atoms with E-state index < -0.39 is 26.8 Å². The van der Waals surface area contributed by atoms with E-state index in [-0.39, 0.29) is 35.1 Å². The van der Waals surface area contributed by atoms with Gasteiger partial charge in [0.1, 0.15) is 11.5 Å². The minimum Gasteiger partial charge on any atom is -0.459 e. The molecule has 4 rings (SSSR count). The number of hydrazone groups is 1. The molecule has 41 heavy (non-hydrogen) atoms. The molecule has 0 saturated heterocycles. The Bertz CT molecular complexity index is 1670. The normalized spacial score (nSPS) is 11.5. The first-order valence-electron chi connectivity index (χ1n) is 11.9. The number of nitro benzene ring substituents is 1. The maximum absolute atomic E-state index is 13.4. The fourth-order valence-electron chi connectivity index (χ4n) is 3.55. The third kappa shape index (κ3) is 7.85. The van der Waals surface area contributed by atoms with Crippen molar-refractivity contribution >= 4 is 51.0 Å². The number of hydrogen-bond donors (Lipinski definition) is 2. The van der Waals surface area contributed by atoms with Gasteiger partial charge in [-0.15, -0.1) is 0 Å². The van der Waals surface area contributed by atoms with Crippen molar-refractivity contribution in [1.82, 2.24) is 9.73 Å². The molecule has 0 spiro atoms. The van der Waals surface area contributed by atoms with Gasteiger partial charge in [-0.05, 0) is 54.1 Å². The van der Waals surface area contributed by atoms with Crippen LogP contribution >= 0.6 is 11.6 Å². The maximum Gasteiger partial charge on any atom is 0.329 e. The molecule has 1 heterocycles. The second-order valence-electron chi connectivity index (χ2n) is 8.47. The van der Waals surface area contributed by atoms with Gasteiger partial charge in [0.05, 0.1) is 22.6 Å². The fourth-order valence-corrected chi connectivity index (χ4v) is 5.07. The smallest absolute Gasteiger partial charge is 0.329 e. The van der Waals surface area contributed by atoms with Crippen LogP contribution in [0.5, 0.6) is 0 Å². The van der Waals surface area contributed by atoms with Crippen molar-refractivity contribution in [3.8, 4) is 0 Å². The zero-order valence-electron chi connectivity index (χ0n) is 21.1. The van der Waals surface area contributed by atoms with E-state index in [1.165, 1.54) is 58.9 Å². The summed E-state index contributed by atoms with van der Waals surface area (Å²) in [6.07, 6.45) is 1.15. The first-order chi connectivity index (χ1) is 19.6. The fraction of sp³-hybridized carbons (Fsp3) is 0.0741. The number of hydrogen-bond acceptors (Lipinski definition) is 8. The van der Waals surface area contributed by atoms with Crippen molar-refractivity contribution in [3.05, 3.63) is 123 Å². The molecule has 0 aliphatic heterocycles. The van der Waals surface area contributed by atoms with Crippen molar-refractivity contribution in [2.24, 2.45) is 5.10 Å². The lowest BCUT2D eigenvalue weighted by Gasteiger charge is -2.21. The molecule has 0 radical (unpaired) electrons. The minimum atomic E-state index is -3.93. The molecule has 0 aliphatic carbocycles. The van der Waals surface area contributed by atoms with Crippen LogP contribution < -0.4 is 10.7 Å². The second kappa shape index (κ2) is 13.0. The Balaban J connectivity index is 1.40. The van der Waals surface area contributed by atoms with Crippen LogP contribution in [0.2, 0.25) is 5.02 Å². The summed E-state index contributed by atoms with van der Waals surface area (Å²) in [5, 5.41) is 17.1. The number of nitrogens with one attached hydrogen (secondary N) is 2. The summed E-state index contributed by atoms with van der Waals surface area (Å²) in [5.41, 5.74) is 2.84. The molecule has 0 atom stereocenters. The number of nitrogens with zero attached hydrogens (tertiary/aromatic N) is 3. The molecule has 0 aliphatic rings. The number of carbonyl (C=O) groups excluding carboxylic acids is 2. The van der Waals surface area contributed by atoms with Gasteiger partial charge in [-0.25, -0.2) is 13.8 Å². The van der Waals surface area contributed by atoms with Crippen molar-refractivity contribution in [3.63, 3.8) is 0 Å². The van der Waals surface area contributed by atoms with Crippen molar-refractivity contribution in [2.75, 3.05) is 5.32 Å². The monoisotopic (exact) mass is 595 g/mol. The molecule has 12 nitrogen and oxygen atoms in total. The van der Waals surface area contributed by atoms with Crippen LogP contribution in [0.1, 0.15) is 17.1 Å². The summed E-state index contributed by atoms with van der Waals surface area (Å²) in [4.78, 5) is 34.3. The third-order valence-electron chi connectivity index (χ3n) is 5.57. The Kier molecular flexibility index (Phi) is 9.24. The molecule has 2 N–H and O–H groups in total. The number of halogens is 1. The van der Waals surface area contributed by atoms with E-state index in [4.69, 9.17) is 16.0 Å². The number of amides is 2. The van der Waals surface area contributed by atoms with Gasteiger partial charge in [-0.2, -0.15) is 9.41 Å². The summed E-state index contributed by atoms with van der Waals surface area (Å²) >= 11 is 5.93. The third-order valence-corrected chi connectivity index (χ3v) is 7.63. The van der Waals surface area contributed by atoms with Crippen molar-refractivity contribution < 1.29 is 27.3 Å². The number of nitro groups is 1. The van der Waals surface area contributed by atoms with Gasteiger partial charge in [0.25, 0.3) is 5.69 Å². The Morgan fingerprint density at radius 2 is 1.61 bits per heavy atom. The molecule has 4 aromatic rings. The van der Waals surface area contributed by atoms with Gasteiger partial charge in [0.2, 0.25) is 10.0 Å². The Hall–Kier alpha value is -4.85. The Labute approximate surface area is 239 Å². The molecule has 0 bridgehead atoms. The molecule has 2 amide bonds. The number of non-ortho nitro benzene ring substituents is 1. The summed E-state index contributed by atoms with van der Waals surface area (Å²) in [6.45, 7) is -0.0203. The second-order valence-corrected chi connectivity index (χ2v) is 10.8. The van der Waals surface area contributed by atoms with E-state index in [1.54, 1.807) is 6.07 Å². The number of carbonyl (C=O) groups is 2. The summed E-state index contributed by atoms with van der Waals surface area (Å²) in [7, 11) is -3.93. The number of furan rings is 1. The van der Waals surface area contributed by atoms with E-state index in [1.807, 2.05) is 35.8 Å². The number of benzene rings is 3. The summed E-state index contributed by atoms with van der Waals surface area (Å²) in [6, 6.07) is 22.9. The lowest BCUT2D eigenvalue weighted by Crippen LogP contribution is -2.32. The van der Waals surface area contributed by atoms with E-state index in [2.05, 4.69) is 10.4 Å². The maximum atomic E-state index is 13.4. The van der Waals surface area contributed by atoms with E-state index >= 15 is 0 Å². The molecular formula is C27H22ClN5O7S. The minimum absolute atomic E-state index is 0.0703. The number of anilines is 1. The van der Waals surface area contributed by atoms with Crippen LogP contribution in [0.25, 0.3) is 0 Å². The molecule has 0 saturated carbocycles. The highest BCUT2D eigenvalue weighted by Gasteiger charge is 2.26. The van der Waals surface area contributed by atoms with Crippen LogP contribution in [0.4, 0.5) is 11.4 Å². The van der Waals surface area contributed by atoms with Gasteiger partial charge < -0.3 is 9.73 Å². The van der Waals surface area contributed by atoms with Crippen LogP contribution in [0, 0.1) is 10.1 Å². The number of sulfonamides is 1. The Morgan fingerprint density at radius 3 is 2.27 bits per heavy atom. The van der Waals surface area contributed by atoms with Crippen molar-refractivity contribution in [1.29, 1.82) is 0 Å². The molecule has 0 fully saturated rings. The predicted molar refractivity (Wildman–Crippen MR) is 150 cm³/mol. The average Bonchev–Trinajstić information content (AvgIpc) is 3.41. The summed E-state index contributed by atoms with van der Waals surface area (Å²) in [5.74, 6) is -1.63. The van der Waals surface area contributed by atoms with Crippen LogP contribution in [0.15, 0.2) is 105 Å². The highest BCUT2D eigenvalue weighted by atomic mass is 35.5. The van der Waals surface area contributed by atoms with Crippen LogP contribution in [-0.2, 0) is 32.7 Å². The van der Waals surface area contributed by atoms with Crippen LogP contribution in [-0.4, -0.2) is 35.7 Å². The van der Waals surface area contributed by atoms with Gasteiger partial charge >= 0.3 is 11.8 Å². The lowest BCUT2D eigenvalue weighted by atomic mass is 10.2. The standard InChI is InChI=1S/C27H22ClN5O7S/c28-20-6-14-25(15-7-20)41(38,39)32(17-19-4-2-1-3-5-19)18-24-13-12-23(40-24)16-29-31-27(35)26(34)30-21-8-10-22(11-9-21)33(36)37/h1-16H,17-18H2,(H,30,34)(H,31,35)/b29-16+. The van der Waals surface area contributed by atoms with E-state index in [0.29, 0.717) is 10.8 Å². The zero-order chi connectivity index (χ0) is 29.4. The first kappa shape index (κ1) is 29.1. The van der Waals surface area contributed by atoms with E-state index in [0.717, 1.165) is 11.8 Å². The summed E-state index contributed by atoms with van der Waals surface area (Å²) < 4.78 is 33.8. The average molecular weight is 596 g/mol. The topological polar surface area (TPSA) is 164 Å².